The molecule has 8 heteroatoms. The second kappa shape index (κ2) is 11.9. The van der Waals surface area contributed by atoms with Gasteiger partial charge in [0.2, 0.25) is 5.91 Å². The minimum absolute atomic E-state index is 0.0199. The Balaban J connectivity index is 1.92. The van der Waals surface area contributed by atoms with Crippen LogP contribution >= 0.6 is 11.8 Å². The van der Waals surface area contributed by atoms with Crippen molar-refractivity contribution in [2.75, 3.05) is 12.3 Å². The second-order valence-electron chi connectivity index (χ2n) is 6.30. The first-order valence-electron chi connectivity index (χ1n) is 9.11. The maximum atomic E-state index is 13.4. The zero-order valence-electron chi connectivity index (χ0n) is 16.3. The van der Waals surface area contributed by atoms with Crippen LogP contribution in [0.5, 0.6) is 0 Å². The quantitative estimate of drug-likeness (QED) is 0.480. The highest BCUT2D eigenvalue weighted by molar-refractivity contribution is 8.13. The first kappa shape index (κ1) is 23.3. The minimum Gasteiger partial charge on any atom is -0.461 e. The number of halogens is 2. The van der Waals surface area contributed by atoms with Gasteiger partial charge in [-0.3, -0.25) is 14.4 Å². The lowest BCUT2D eigenvalue weighted by Crippen LogP contribution is -2.28. The smallest absolute Gasteiger partial charge is 0.307 e. The first-order chi connectivity index (χ1) is 14.3. The third-order valence-electron chi connectivity index (χ3n) is 3.81. The zero-order valence-corrected chi connectivity index (χ0v) is 17.1. The van der Waals surface area contributed by atoms with Crippen LogP contribution in [0.25, 0.3) is 6.08 Å². The molecule has 30 heavy (non-hydrogen) atoms. The molecule has 2 rings (SSSR count). The van der Waals surface area contributed by atoms with Crippen LogP contribution in [-0.2, 0) is 25.7 Å². The third-order valence-corrected chi connectivity index (χ3v) is 4.67. The predicted octanol–water partition coefficient (Wildman–Crippen LogP) is 3.88. The highest BCUT2D eigenvalue weighted by atomic mass is 32.2. The van der Waals surface area contributed by atoms with Crippen molar-refractivity contribution in [2.24, 2.45) is 0 Å². The fourth-order valence-corrected chi connectivity index (χ4v) is 2.99. The van der Waals surface area contributed by atoms with Crippen molar-refractivity contribution in [2.45, 2.75) is 20.0 Å². The summed E-state index contributed by atoms with van der Waals surface area (Å²) in [4.78, 5) is 35.5. The summed E-state index contributed by atoms with van der Waals surface area (Å²) in [6.07, 6.45) is 1.27. The number of ether oxygens (including phenoxy) is 1. The van der Waals surface area contributed by atoms with Gasteiger partial charge in [-0.25, -0.2) is 8.78 Å². The third kappa shape index (κ3) is 8.57. The van der Waals surface area contributed by atoms with Gasteiger partial charge < -0.3 is 10.1 Å². The summed E-state index contributed by atoms with van der Waals surface area (Å²) in [5.41, 5.74) is 1.16. The molecule has 0 aromatic heterocycles. The van der Waals surface area contributed by atoms with Crippen molar-refractivity contribution in [3.05, 3.63) is 76.9 Å². The summed E-state index contributed by atoms with van der Waals surface area (Å²) in [6.45, 7) is 1.51. The van der Waals surface area contributed by atoms with Gasteiger partial charge in [-0.2, -0.15) is 0 Å². The Bertz CT molecular complexity index is 912. The molecule has 0 saturated carbocycles. The highest BCUT2D eigenvalue weighted by Crippen LogP contribution is 2.16. The van der Waals surface area contributed by atoms with Crippen LogP contribution in [0.4, 0.5) is 8.78 Å². The van der Waals surface area contributed by atoms with Crippen LogP contribution in [0.1, 0.15) is 24.5 Å². The van der Waals surface area contributed by atoms with E-state index < -0.39 is 23.5 Å². The van der Waals surface area contributed by atoms with E-state index in [4.69, 9.17) is 4.74 Å². The van der Waals surface area contributed by atoms with E-state index >= 15 is 0 Å². The van der Waals surface area contributed by atoms with E-state index in [-0.39, 0.29) is 41.6 Å². The maximum Gasteiger partial charge on any atom is 0.307 e. The molecule has 0 bridgehead atoms. The number of carbonyl (C=O) groups is 3. The lowest BCUT2D eigenvalue weighted by Gasteiger charge is -2.09. The van der Waals surface area contributed by atoms with Gasteiger partial charge in [-0.05, 0) is 29.3 Å². The maximum absolute atomic E-state index is 13.4. The van der Waals surface area contributed by atoms with E-state index in [9.17, 15) is 23.2 Å². The van der Waals surface area contributed by atoms with Crippen LogP contribution in [0.3, 0.4) is 0 Å². The Morgan fingerprint density at radius 2 is 1.73 bits per heavy atom. The van der Waals surface area contributed by atoms with Gasteiger partial charge in [0.25, 0.3) is 0 Å². The Hall–Kier alpha value is -3.00. The average Bonchev–Trinajstić information content (AvgIpc) is 2.69. The summed E-state index contributed by atoms with van der Waals surface area (Å²) in [7, 11) is 0. The summed E-state index contributed by atoms with van der Waals surface area (Å²) < 4.78 is 31.9. The lowest BCUT2D eigenvalue weighted by atomic mass is 10.1. The van der Waals surface area contributed by atoms with Gasteiger partial charge in [-0.15, -0.1) is 0 Å². The molecule has 0 saturated heterocycles. The Morgan fingerprint density at radius 1 is 1.07 bits per heavy atom. The molecule has 2 aromatic carbocycles. The molecule has 0 aliphatic carbocycles. The van der Waals surface area contributed by atoms with E-state index in [2.05, 4.69) is 5.32 Å². The van der Waals surface area contributed by atoms with Crippen molar-refractivity contribution in [3.8, 4) is 0 Å². The molecule has 1 N–H and O–H groups in total. The van der Waals surface area contributed by atoms with Crippen LogP contribution in [0.15, 0.2) is 54.1 Å². The first-order valence-corrected chi connectivity index (χ1v) is 10.1. The van der Waals surface area contributed by atoms with Gasteiger partial charge in [0.1, 0.15) is 18.2 Å². The second-order valence-corrected chi connectivity index (χ2v) is 7.46. The fraction of sp³-hybridized carbons (Fsp3) is 0.227. The molecule has 0 aliphatic rings. The molecule has 0 fully saturated rings. The van der Waals surface area contributed by atoms with Crippen molar-refractivity contribution >= 4 is 34.8 Å². The molecule has 158 valence electrons. The fourth-order valence-electron chi connectivity index (χ4n) is 2.41. The predicted molar refractivity (Wildman–Crippen MR) is 111 cm³/mol. The van der Waals surface area contributed by atoms with Gasteiger partial charge in [-0.1, -0.05) is 42.1 Å². The van der Waals surface area contributed by atoms with Crippen LogP contribution in [-0.4, -0.2) is 29.3 Å². The van der Waals surface area contributed by atoms with Crippen molar-refractivity contribution in [1.29, 1.82) is 0 Å². The highest BCUT2D eigenvalue weighted by Gasteiger charge is 2.13. The number of rotatable bonds is 9. The van der Waals surface area contributed by atoms with Crippen LogP contribution in [0, 0.1) is 11.6 Å². The Kier molecular flexibility index (Phi) is 9.21. The monoisotopic (exact) mass is 433 g/mol. The van der Waals surface area contributed by atoms with E-state index in [1.54, 1.807) is 0 Å². The topological polar surface area (TPSA) is 72.5 Å². The number of nitrogens with one attached hydrogen (secondary N) is 1. The van der Waals surface area contributed by atoms with Gasteiger partial charge in [0.05, 0.1) is 6.42 Å². The summed E-state index contributed by atoms with van der Waals surface area (Å²) >= 11 is 0.894. The molecule has 0 spiro atoms. The summed E-state index contributed by atoms with van der Waals surface area (Å²) in [6, 6.07) is 12.1. The van der Waals surface area contributed by atoms with E-state index in [1.807, 2.05) is 30.3 Å². The molecule has 0 radical (unpaired) electrons. The number of carbonyl (C=O) groups excluding carboxylic acids is 3. The van der Waals surface area contributed by atoms with Gasteiger partial charge >= 0.3 is 5.97 Å². The van der Waals surface area contributed by atoms with Crippen molar-refractivity contribution < 1.29 is 27.9 Å². The molecule has 0 heterocycles. The van der Waals surface area contributed by atoms with E-state index in [1.165, 1.54) is 13.0 Å². The van der Waals surface area contributed by atoms with Crippen molar-refractivity contribution in [1.82, 2.24) is 5.32 Å². The normalized spacial score (nSPS) is 11.1. The molecule has 5 nitrogen and oxygen atoms in total. The number of esters is 1. The minimum atomic E-state index is -0.776. The number of thioether (sulfide) groups is 1. The molecule has 0 unspecified atom stereocenters. The number of hydrogen-bond acceptors (Lipinski definition) is 5. The number of hydrogen-bond donors (Lipinski definition) is 1. The van der Waals surface area contributed by atoms with E-state index in [0.717, 1.165) is 35.5 Å². The van der Waals surface area contributed by atoms with Crippen molar-refractivity contribution in [3.63, 3.8) is 0 Å². The largest absolute Gasteiger partial charge is 0.461 e. The Labute approximate surface area is 177 Å². The number of amides is 1. The molecule has 0 atom stereocenters. The standard InChI is InChI=1S/C22H21F2NO4S/c1-15(26)30-14-18(9-17-10-19(23)12-20(24)11-17)22(28)25-8-7-21(27)29-13-16-5-3-2-4-6-16/h2-6,9-12H,7-8,13-14H2,1H3,(H,25,28)/b18-9+. The van der Waals surface area contributed by atoms with Gasteiger partial charge in [0.15, 0.2) is 5.12 Å². The Morgan fingerprint density at radius 3 is 2.37 bits per heavy atom. The van der Waals surface area contributed by atoms with Crippen LogP contribution < -0.4 is 5.32 Å². The zero-order chi connectivity index (χ0) is 21.9. The molecule has 2 aromatic rings. The van der Waals surface area contributed by atoms with Gasteiger partial charge in [0, 0.05) is 30.9 Å². The molecule has 1 amide bonds. The summed E-state index contributed by atoms with van der Waals surface area (Å²) in [5, 5.41) is 2.36. The molecular weight excluding hydrogens is 412 g/mol. The number of benzene rings is 2. The van der Waals surface area contributed by atoms with Crippen LogP contribution in [0.2, 0.25) is 0 Å². The summed E-state index contributed by atoms with van der Waals surface area (Å²) in [5.74, 6) is -2.54. The molecule has 0 aliphatic heterocycles. The van der Waals surface area contributed by atoms with E-state index in [0.29, 0.717) is 0 Å². The lowest BCUT2D eigenvalue weighted by molar-refractivity contribution is -0.144. The SMILES string of the molecule is CC(=O)SC/C(=C\c1cc(F)cc(F)c1)C(=O)NCCC(=O)OCc1ccccc1. The average molecular weight is 433 g/mol. The molecular formula is C22H21F2NO4S.